The largest absolute Gasteiger partial charge is 0.497 e. The summed E-state index contributed by atoms with van der Waals surface area (Å²) < 4.78 is 5.14. The fraction of sp³-hybridized carbons (Fsp3) is 0.105. The molecule has 0 aliphatic heterocycles. The van der Waals surface area contributed by atoms with Crippen LogP contribution < -0.4 is 15.4 Å². The monoisotopic (exact) mass is 334 g/mol. The van der Waals surface area contributed by atoms with E-state index >= 15 is 0 Å². The van der Waals surface area contributed by atoms with Crippen molar-refractivity contribution in [2.45, 2.75) is 6.92 Å². The average molecular weight is 334 g/mol. The summed E-state index contributed by atoms with van der Waals surface area (Å²) in [5, 5.41) is 14.0. The molecule has 2 N–H and O–H groups in total. The van der Waals surface area contributed by atoms with E-state index in [0.29, 0.717) is 17.3 Å². The normalized spacial score (nSPS) is 10.2. The van der Waals surface area contributed by atoms with Crippen LogP contribution in [0.4, 0.5) is 17.2 Å². The van der Waals surface area contributed by atoms with Gasteiger partial charge in [0.05, 0.1) is 7.11 Å². The highest BCUT2D eigenvalue weighted by Crippen LogP contribution is 2.18. The molecule has 1 aromatic heterocycles. The molecule has 0 saturated carbocycles. The van der Waals surface area contributed by atoms with Crippen molar-refractivity contribution in [1.29, 1.82) is 0 Å². The molecule has 1 amide bonds. The third-order valence-electron chi connectivity index (χ3n) is 3.52. The molecule has 1 heterocycles. The Morgan fingerprint density at radius 1 is 0.960 bits per heavy atom. The van der Waals surface area contributed by atoms with Crippen LogP contribution in [0.1, 0.15) is 16.1 Å². The topological polar surface area (TPSA) is 76.1 Å². The highest BCUT2D eigenvalue weighted by atomic mass is 16.5. The van der Waals surface area contributed by atoms with E-state index in [1.807, 2.05) is 31.2 Å². The predicted molar refractivity (Wildman–Crippen MR) is 97.4 cm³/mol. The molecular weight excluding hydrogens is 316 g/mol. The van der Waals surface area contributed by atoms with Gasteiger partial charge in [-0.2, -0.15) is 0 Å². The van der Waals surface area contributed by atoms with Crippen molar-refractivity contribution in [3.63, 3.8) is 0 Å². The Balaban J connectivity index is 1.67. The summed E-state index contributed by atoms with van der Waals surface area (Å²) in [6, 6.07) is 18.4. The van der Waals surface area contributed by atoms with E-state index < -0.39 is 0 Å². The quantitative estimate of drug-likeness (QED) is 0.742. The number of nitrogens with one attached hydrogen (secondary N) is 2. The lowest BCUT2D eigenvalue weighted by molar-refractivity contribution is 0.102. The molecule has 0 fully saturated rings. The van der Waals surface area contributed by atoms with E-state index in [1.165, 1.54) is 0 Å². The van der Waals surface area contributed by atoms with Crippen molar-refractivity contribution in [2.75, 3.05) is 17.7 Å². The Kier molecular flexibility index (Phi) is 4.89. The van der Waals surface area contributed by atoms with Crippen LogP contribution >= 0.6 is 0 Å². The van der Waals surface area contributed by atoms with Gasteiger partial charge in [0.25, 0.3) is 5.91 Å². The highest BCUT2D eigenvalue weighted by molar-refractivity contribution is 6.02. The zero-order chi connectivity index (χ0) is 17.6. The Morgan fingerprint density at radius 3 is 2.48 bits per heavy atom. The molecule has 0 aliphatic rings. The lowest BCUT2D eigenvalue weighted by Gasteiger charge is -2.08. The SMILES string of the molecule is COc1cccc(NC(=O)c2ccc(Nc3cccc(C)c3)nn2)c1. The van der Waals surface area contributed by atoms with Crippen LogP contribution in [-0.2, 0) is 0 Å². The number of rotatable bonds is 5. The number of carbonyl (C=O) groups is 1. The number of nitrogens with zero attached hydrogens (tertiary/aromatic N) is 2. The smallest absolute Gasteiger partial charge is 0.276 e. The van der Waals surface area contributed by atoms with Gasteiger partial charge in [0.2, 0.25) is 0 Å². The molecule has 3 aromatic rings. The van der Waals surface area contributed by atoms with Crippen LogP contribution in [0.15, 0.2) is 60.7 Å². The van der Waals surface area contributed by atoms with Gasteiger partial charge in [-0.15, -0.1) is 10.2 Å². The third kappa shape index (κ3) is 4.32. The molecular formula is C19H18N4O2. The molecule has 0 spiro atoms. The lowest BCUT2D eigenvalue weighted by atomic mass is 10.2. The average Bonchev–Trinajstić information content (AvgIpc) is 2.62. The first-order valence-corrected chi connectivity index (χ1v) is 7.77. The standard InChI is InChI=1S/C19H18N4O2/c1-13-5-3-6-14(11-13)20-18-10-9-17(22-23-18)19(24)21-15-7-4-8-16(12-15)25-2/h3-12H,1-2H3,(H,20,23)(H,21,24). The Morgan fingerprint density at radius 2 is 1.76 bits per heavy atom. The number of anilines is 3. The van der Waals surface area contributed by atoms with E-state index in [-0.39, 0.29) is 11.6 Å². The maximum atomic E-state index is 12.3. The Hall–Kier alpha value is -3.41. The Labute approximate surface area is 145 Å². The number of aryl methyl sites for hydroxylation is 1. The second-order valence-electron chi connectivity index (χ2n) is 5.48. The number of hydrogen-bond donors (Lipinski definition) is 2. The van der Waals surface area contributed by atoms with E-state index in [9.17, 15) is 4.79 Å². The first-order chi connectivity index (χ1) is 12.1. The van der Waals surface area contributed by atoms with E-state index in [2.05, 4.69) is 20.8 Å². The van der Waals surface area contributed by atoms with Crippen LogP contribution in [0.2, 0.25) is 0 Å². The predicted octanol–water partition coefficient (Wildman–Crippen LogP) is 3.79. The molecule has 0 aliphatic carbocycles. The lowest BCUT2D eigenvalue weighted by Crippen LogP contribution is -2.14. The number of hydrogen-bond acceptors (Lipinski definition) is 5. The second-order valence-corrected chi connectivity index (χ2v) is 5.48. The highest BCUT2D eigenvalue weighted by Gasteiger charge is 2.09. The van der Waals surface area contributed by atoms with Crippen molar-refractivity contribution < 1.29 is 9.53 Å². The molecule has 0 atom stereocenters. The fourth-order valence-electron chi connectivity index (χ4n) is 2.29. The van der Waals surface area contributed by atoms with E-state index in [4.69, 9.17) is 4.74 Å². The van der Waals surface area contributed by atoms with Crippen molar-refractivity contribution in [2.24, 2.45) is 0 Å². The molecule has 0 bridgehead atoms. The molecule has 0 radical (unpaired) electrons. The van der Waals surface area contributed by atoms with Gasteiger partial charge in [-0.3, -0.25) is 4.79 Å². The van der Waals surface area contributed by atoms with Crippen LogP contribution in [-0.4, -0.2) is 23.2 Å². The number of benzene rings is 2. The second kappa shape index (κ2) is 7.44. The summed E-state index contributed by atoms with van der Waals surface area (Å²) in [5.41, 5.74) is 2.93. The summed E-state index contributed by atoms with van der Waals surface area (Å²) in [6.07, 6.45) is 0. The van der Waals surface area contributed by atoms with E-state index in [1.54, 1.807) is 43.5 Å². The number of ether oxygens (including phenoxy) is 1. The zero-order valence-electron chi connectivity index (χ0n) is 14.0. The minimum absolute atomic E-state index is 0.234. The molecule has 25 heavy (non-hydrogen) atoms. The maximum absolute atomic E-state index is 12.3. The molecule has 3 rings (SSSR count). The minimum Gasteiger partial charge on any atom is -0.497 e. The van der Waals surface area contributed by atoms with Gasteiger partial charge in [0.1, 0.15) is 5.75 Å². The summed E-state index contributed by atoms with van der Waals surface area (Å²) in [7, 11) is 1.58. The first kappa shape index (κ1) is 16.4. The van der Waals surface area contributed by atoms with E-state index in [0.717, 1.165) is 11.3 Å². The van der Waals surface area contributed by atoms with Gasteiger partial charge in [-0.1, -0.05) is 18.2 Å². The number of methoxy groups -OCH3 is 1. The number of aromatic nitrogens is 2. The Bertz CT molecular complexity index is 879. The van der Waals surface area contributed by atoms with Gasteiger partial charge in [-0.25, -0.2) is 0 Å². The molecule has 6 nitrogen and oxygen atoms in total. The summed E-state index contributed by atoms with van der Waals surface area (Å²) in [4.78, 5) is 12.3. The molecule has 2 aromatic carbocycles. The van der Waals surface area contributed by atoms with Gasteiger partial charge < -0.3 is 15.4 Å². The zero-order valence-corrected chi connectivity index (χ0v) is 14.0. The van der Waals surface area contributed by atoms with Gasteiger partial charge in [0.15, 0.2) is 11.5 Å². The minimum atomic E-state index is -0.331. The summed E-state index contributed by atoms with van der Waals surface area (Å²) in [6.45, 7) is 2.02. The summed E-state index contributed by atoms with van der Waals surface area (Å²) >= 11 is 0. The molecule has 0 unspecified atom stereocenters. The summed E-state index contributed by atoms with van der Waals surface area (Å²) in [5.74, 6) is 0.910. The van der Waals surface area contributed by atoms with Gasteiger partial charge in [-0.05, 0) is 48.9 Å². The fourth-order valence-corrected chi connectivity index (χ4v) is 2.29. The number of carbonyl (C=O) groups excluding carboxylic acids is 1. The van der Waals surface area contributed by atoms with Gasteiger partial charge >= 0.3 is 0 Å². The molecule has 126 valence electrons. The van der Waals surface area contributed by atoms with Crippen LogP contribution in [0.5, 0.6) is 5.75 Å². The van der Waals surface area contributed by atoms with Crippen molar-refractivity contribution in [3.05, 3.63) is 71.9 Å². The van der Waals surface area contributed by atoms with Crippen LogP contribution in [0, 0.1) is 6.92 Å². The van der Waals surface area contributed by atoms with Crippen molar-refractivity contribution in [3.8, 4) is 5.75 Å². The van der Waals surface area contributed by atoms with Crippen LogP contribution in [0.25, 0.3) is 0 Å². The van der Waals surface area contributed by atoms with Crippen molar-refractivity contribution >= 4 is 23.1 Å². The van der Waals surface area contributed by atoms with Crippen LogP contribution in [0.3, 0.4) is 0 Å². The molecule has 6 heteroatoms. The first-order valence-electron chi connectivity index (χ1n) is 7.77. The molecule has 0 saturated heterocycles. The third-order valence-corrected chi connectivity index (χ3v) is 3.52. The number of amides is 1. The maximum Gasteiger partial charge on any atom is 0.276 e. The van der Waals surface area contributed by atoms with Gasteiger partial charge in [0, 0.05) is 17.4 Å². The van der Waals surface area contributed by atoms with Crippen molar-refractivity contribution in [1.82, 2.24) is 10.2 Å².